The highest BCUT2D eigenvalue weighted by molar-refractivity contribution is 5.02. The molecule has 0 fully saturated rings. The van der Waals surface area contributed by atoms with Gasteiger partial charge in [-0.1, -0.05) is 20.8 Å². The fraction of sp³-hybridized carbons (Fsp3) is 0.818. The van der Waals surface area contributed by atoms with Gasteiger partial charge in [-0.3, -0.25) is 0 Å². The lowest BCUT2D eigenvalue weighted by molar-refractivity contribution is 0.348. The van der Waals surface area contributed by atoms with Crippen LogP contribution >= 0.6 is 0 Å². The average Bonchev–Trinajstić information content (AvgIpc) is 2.61. The third-order valence-electron chi connectivity index (χ3n) is 2.77. The van der Waals surface area contributed by atoms with E-state index in [-0.39, 0.29) is 0 Å². The summed E-state index contributed by atoms with van der Waals surface area (Å²) in [6.07, 6.45) is 3.30. The van der Waals surface area contributed by atoms with Crippen LogP contribution < -0.4 is 5.32 Å². The molecule has 1 N–H and O–H groups in total. The maximum Gasteiger partial charge on any atom is 0.150 e. The monoisotopic (exact) mass is 208 g/mol. The maximum atomic E-state index is 4.59. The Kier molecular flexibility index (Phi) is 3.05. The van der Waals surface area contributed by atoms with Crippen LogP contribution in [0.3, 0.4) is 0 Å². The lowest BCUT2D eigenvalue weighted by atomic mass is 10.1. The Labute approximate surface area is 91.1 Å². The second kappa shape index (κ2) is 4.31. The Morgan fingerprint density at radius 3 is 3.00 bits per heavy atom. The van der Waals surface area contributed by atoms with Gasteiger partial charge in [0.2, 0.25) is 0 Å². The van der Waals surface area contributed by atoms with E-state index in [9.17, 15) is 0 Å². The highest BCUT2D eigenvalue weighted by Crippen LogP contribution is 2.23. The first kappa shape index (κ1) is 10.6. The predicted molar refractivity (Wildman–Crippen MR) is 59.6 cm³/mol. The lowest BCUT2D eigenvalue weighted by Crippen LogP contribution is -2.33. The van der Waals surface area contributed by atoms with Crippen molar-refractivity contribution in [2.45, 2.75) is 58.7 Å². The summed E-state index contributed by atoms with van der Waals surface area (Å²) in [7, 11) is 0. The van der Waals surface area contributed by atoms with Crippen molar-refractivity contribution in [2.75, 3.05) is 0 Å². The van der Waals surface area contributed by atoms with Crippen molar-refractivity contribution in [3.63, 3.8) is 0 Å². The van der Waals surface area contributed by atoms with Crippen LogP contribution in [0.1, 0.15) is 51.3 Å². The summed E-state index contributed by atoms with van der Waals surface area (Å²) in [5.74, 6) is 2.11. The molecule has 1 atom stereocenters. The number of aromatic nitrogens is 3. The zero-order valence-corrected chi connectivity index (χ0v) is 9.82. The first-order valence-corrected chi connectivity index (χ1v) is 5.90. The molecule has 84 valence electrons. The molecule has 4 heteroatoms. The molecule has 1 aliphatic rings. The summed E-state index contributed by atoms with van der Waals surface area (Å²) < 4.78 is 2.07. The third kappa shape index (κ3) is 2.20. The summed E-state index contributed by atoms with van der Waals surface area (Å²) in [6.45, 7) is 7.48. The van der Waals surface area contributed by atoms with Crippen molar-refractivity contribution < 1.29 is 0 Å². The molecule has 0 bridgehead atoms. The van der Waals surface area contributed by atoms with Crippen LogP contribution in [0.25, 0.3) is 0 Å². The SMILES string of the molecule is CCc1nc2n(n1)CCCC2NC(C)C. The first-order valence-electron chi connectivity index (χ1n) is 5.90. The van der Waals surface area contributed by atoms with Crippen LogP contribution in [0.5, 0.6) is 0 Å². The molecule has 0 spiro atoms. The number of fused-ring (bicyclic) bond motifs is 1. The molecule has 4 nitrogen and oxygen atoms in total. The Morgan fingerprint density at radius 1 is 1.53 bits per heavy atom. The molecule has 0 amide bonds. The minimum atomic E-state index is 0.395. The van der Waals surface area contributed by atoms with Crippen LogP contribution in [-0.2, 0) is 13.0 Å². The number of aryl methyl sites for hydroxylation is 2. The standard InChI is InChI=1S/C11H20N4/c1-4-10-13-11-9(12-8(2)3)6-5-7-15(11)14-10/h8-9,12H,4-7H2,1-3H3. The largest absolute Gasteiger partial charge is 0.305 e. The van der Waals surface area contributed by atoms with E-state index in [1.54, 1.807) is 0 Å². The Hall–Kier alpha value is -0.900. The van der Waals surface area contributed by atoms with Gasteiger partial charge >= 0.3 is 0 Å². The van der Waals surface area contributed by atoms with Crippen molar-refractivity contribution >= 4 is 0 Å². The van der Waals surface area contributed by atoms with Gasteiger partial charge in [0, 0.05) is 19.0 Å². The van der Waals surface area contributed by atoms with Crippen molar-refractivity contribution in [3.8, 4) is 0 Å². The number of nitrogens with one attached hydrogen (secondary N) is 1. The van der Waals surface area contributed by atoms with E-state index >= 15 is 0 Å². The Bertz CT molecular complexity index is 329. The molecular weight excluding hydrogens is 188 g/mol. The molecule has 0 radical (unpaired) electrons. The van der Waals surface area contributed by atoms with E-state index in [0.29, 0.717) is 12.1 Å². The zero-order chi connectivity index (χ0) is 10.8. The summed E-state index contributed by atoms with van der Waals surface area (Å²) in [5.41, 5.74) is 0. The molecule has 2 heterocycles. The molecule has 1 aromatic rings. The first-order chi connectivity index (χ1) is 7.20. The molecule has 15 heavy (non-hydrogen) atoms. The Morgan fingerprint density at radius 2 is 2.33 bits per heavy atom. The van der Waals surface area contributed by atoms with E-state index in [1.165, 1.54) is 12.8 Å². The van der Waals surface area contributed by atoms with Crippen molar-refractivity contribution in [2.24, 2.45) is 0 Å². The zero-order valence-electron chi connectivity index (χ0n) is 9.82. The molecule has 1 aromatic heterocycles. The van der Waals surface area contributed by atoms with Crippen molar-refractivity contribution in [1.82, 2.24) is 20.1 Å². The van der Waals surface area contributed by atoms with Gasteiger partial charge in [0.15, 0.2) is 5.82 Å². The van der Waals surface area contributed by atoms with Crippen molar-refractivity contribution in [3.05, 3.63) is 11.6 Å². The molecular formula is C11H20N4. The fourth-order valence-corrected chi connectivity index (χ4v) is 2.11. The van der Waals surface area contributed by atoms with Crippen LogP contribution in [-0.4, -0.2) is 20.8 Å². The topological polar surface area (TPSA) is 42.7 Å². The highest BCUT2D eigenvalue weighted by atomic mass is 15.4. The van der Waals surface area contributed by atoms with E-state index in [0.717, 1.165) is 24.6 Å². The smallest absolute Gasteiger partial charge is 0.150 e. The summed E-state index contributed by atoms with van der Waals surface area (Å²) in [4.78, 5) is 4.59. The van der Waals surface area contributed by atoms with Gasteiger partial charge in [-0.15, -0.1) is 0 Å². The highest BCUT2D eigenvalue weighted by Gasteiger charge is 2.23. The predicted octanol–water partition coefficient (Wildman–Crippen LogP) is 1.67. The fourth-order valence-electron chi connectivity index (χ4n) is 2.11. The summed E-state index contributed by atoms with van der Waals surface area (Å²) in [6, 6.07) is 0.898. The minimum absolute atomic E-state index is 0.395. The van der Waals surface area contributed by atoms with E-state index in [2.05, 4.69) is 40.9 Å². The molecule has 1 unspecified atom stereocenters. The number of nitrogens with zero attached hydrogens (tertiary/aromatic N) is 3. The van der Waals surface area contributed by atoms with E-state index in [1.807, 2.05) is 0 Å². The van der Waals surface area contributed by atoms with Gasteiger partial charge in [-0.2, -0.15) is 5.10 Å². The van der Waals surface area contributed by atoms with E-state index in [4.69, 9.17) is 0 Å². The van der Waals surface area contributed by atoms with Gasteiger partial charge in [0.05, 0.1) is 6.04 Å². The molecule has 0 saturated carbocycles. The molecule has 0 aliphatic carbocycles. The Balaban J connectivity index is 2.21. The minimum Gasteiger partial charge on any atom is -0.305 e. The van der Waals surface area contributed by atoms with E-state index < -0.39 is 0 Å². The number of hydrogen-bond donors (Lipinski definition) is 1. The lowest BCUT2D eigenvalue weighted by Gasteiger charge is -2.24. The third-order valence-corrected chi connectivity index (χ3v) is 2.77. The molecule has 0 aromatic carbocycles. The van der Waals surface area contributed by atoms with Gasteiger partial charge in [0.1, 0.15) is 5.82 Å². The van der Waals surface area contributed by atoms with Crippen LogP contribution in [0.4, 0.5) is 0 Å². The molecule has 2 rings (SSSR count). The molecule has 0 saturated heterocycles. The quantitative estimate of drug-likeness (QED) is 0.821. The van der Waals surface area contributed by atoms with Gasteiger partial charge in [-0.05, 0) is 12.8 Å². The van der Waals surface area contributed by atoms with Crippen molar-refractivity contribution in [1.29, 1.82) is 0 Å². The van der Waals surface area contributed by atoms with Crippen LogP contribution in [0.2, 0.25) is 0 Å². The van der Waals surface area contributed by atoms with Crippen LogP contribution in [0.15, 0.2) is 0 Å². The maximum absolute atomic E-state index is 4.59. The second-order valence-electron chi connectivity index (χ2n) is 4.48. The van der Waals surface area contributed by atoms with Crippen LogP contribution in [0, 0.1) is 0 Å². The van der Waals surface area contributed by atoms with Gasteiger partial charge in [0.25, 0.3) is 0 Å². The van der Waals surface area contributed by atoms with Gasteiger partial charge in [-0.25, -0.2) is 9.67 Å². The number of rotatable bonds is 3. The molecule has 1 aliphatic heterocycles. The summed E-state index contributed by atoms with van der Waals surface area (Å²) in [5, 5.41) is 8.04. The summed E-state index contributed by atoms with van der Waals surface area (Å²) >= 11 is 0. The van der Waals surface area contributed by atoms with Gasteiger partial charge < -0.3 is 5.32 Å². The normalized spacial score (nSPS) is 20.7. The average molecular weight is 208 g/mol. The second-order valence-corrected chi connectivity index (χ2v) is 4.48. The number of hydrogen-bond acceptors (Lipinski definition) is 3.